The van der Waals surface area contributed by atoms with Crippen LogP contribution in [0.3, 0.4) is 0 Å². The molecule has 2 rings (SSSR count). The molecule has 4 nitrogen and oxygen atoms in total. The highest BCUT2D eigenvalue weighted by Gasteiger charge is 2.13. The number of hydrogen-bond donors (Lipinski definition) is 1. The van der Waals surface area contributed by atoms with Crippen LogP contribution in [0.4, 0.5) is 0 Å². The fourth-order valence-corrected chi connectivity index (χ4v) is 2.78. The minimum Gasteiger partial charge on any atom is -0.493 e. The highest BCUT2D eigenvalue weighted by atomic mass is 35.5. The van der Waals surface area contributed by atoms with Crippen molar-refractivity contribution in [1.29, 1.82) is 0 Å². The van der Waals surface area contributed by atoms with Crippen molar-refractivity contribution in [3.63, 3.8) is 0 Å². The lowest BCUT2D eigenvalue weighted by atomic mass is 10.2. The van der Waals surface area contributed by atoms with Gasteiger partial charge in [0.2, 0.25) is 0 Å². The molecule has 0 unspecified atom stereocenters. The minimum absolute atomic E-state index is 0.424. The largest absolute Gasteiger partial charge is 0.493 e. The standard InChI is InChI=1S/C14H17ClN2O2S/c1-9-8-20-13(17-9)7-19-14-10(6-16-2)4-11(15)5-12(14)18-3/h4-5,8,16H,6-7H2,1-3H3. The maximum atomic E-state index is 6.08. The maximum absolute atomic E-state index is 6.08. The van der Waals surface area contributed by atoms with E-state index >= 15 is 0 Å². The van der Waals surface area contributed by atoms with Crippen LogP contribution < -0.4 is 14.8 Å². The van der Waals surface area contributed by atoms with Gasteiger partial charge in [0.1, 0.15) is 11.6 Å². The summed E-state index contributed by atoms with van der Waals surface area (Å²) in [4.78, 5) is 4.39. The zero-order chi connectivity index (χ0) is 14.5. The van der Waals surface area contributed by atoms with Gasteiger partial charge in [0, 0.05) is 34.3 Å². The van der Waals surface area contributed by atoms with Crippen molar-refractivity contribution in [2.24, 2.45) is 0 Å². The molecule has 1 N–H and O–H groups in total. The van der Waals surface area contributed by atoms with E-state index in [0.717, 1.165) is 16.3 Å². The number of aromatic nitrogens is 1. The predicted molar refractivity (Wildman–Crippen MR) is 82.0 cm³/mol. The van der Waals surface area contributed by atoms with Crippen molar-refractivity contribution in [1.82, 2.24) is 10.3 Å². The van der Waals surface area contributed by atoms with Crippen LogP contribution in [0, 0.1) is 6.92 Å². The molecular formula is C14H17ClN2O2S. The van der Waals surface area contributed by atoms with E-state index in [9.17, 15) is 0 Å². The molecule has 108 valence electrons. The predicted octanol–water partition coefficient (Wildman–Crippen LogP) is 3.41. The molecule has 0 amide bonds. The van der Waals surface area contributed by atoms with Crippen LogP contribution in [0.2, 0.25) is 5.02 Å². The van der Waals surface area contributed by atoms with Crippen molar-refractivity contribution < 1.29 is 9.47 Å². The molecule has 6 heteroatoms. The van der Waals surface area contributed by atoms with Crippen molar-refractivity contribution in [2.45, 2.75) is 20.1 Å². The van der Waals surface area contributed by atoms with Crippen LogP contribution in [0.5, 0.6) is 11.5 Å². The van der Waals surface area contributed by atoms with Gasteiger partial charge in [-0.25, -0.2) is 4.98 Å². The molecule has 0 spiro atoms. The molecule has 1 aromatic heterocycles. The third-order valence-corrected chi connectivity index (χ3v) is 3.85. The highest BCUT2D eigenvalue weighted by molar-refractivity contribution is 7.09. The number of rotatable bonds is 6. The van der Waals surface area contributed by atoms with Crippen LogP contribution in [0.1, 0.15) is 16.3 Å². The number of halogens is 1. The fraction of sp³-hybridized carbons (Fsp3) is 0.357. The number of ether oxygens (including phenoxy) is 2. The lowest BCUT2D eigenvalue weighted by molar-refractivity contribution is 0.280. The molecule has 0 aliphatic rings. The lowest BCUT2D eigenvalue weighted by Crippen LogP contribution is -2.08. The van der Waals surface area contributed by atoms with E-state index in [2.05, 4.69) is 10.3 Å². The van der Waals surface area contributed by atoms with Crippen molar-refractivity contribution in [3.8, 4) is 11.5 Å². The smallest absolute Gasteiger partial charge is 0.166 e. The number of nitrogens with one attached hydrogen (secondary N) is 1. The van der Waals surface area contributed by atoms with Gasteiger partial charge in [-0.3, -0.25) is 0 Å². The Morgan fingerprint density at radius 1 is 1.40 bits per heavy atom. The molecule has 20 heavy (non-hydrogen) atoms. The highest BCUT2D eigenvalue weighted by Crippen LogP contribution is 2.35. The second-order valence-corrected chi connectivity index (χ2v) is 5.68. The van der Waals surface area contributed by atoms with Gasteiger partial charge in [-0.05, 0) is 20.0 Å². The van der Waals surface area contributed by atoms with Gasteiger partial charge in [0.15, 0.2) is 11.5 Å². The number of benzene rings is 1. The minimum atomic E-state index is 0.424. The van der Waals surface area contributed by atoms with E-state index in [1.165, 1.54) is 0 Å². The summed E-state index contributed by atoms with van der Waals surface area (Å²) in [5.41, 5.74) is 1.97. The molecule has 0 bridgehead atoms. The van der Waals surface area contributed by atoms with E-state index < -0.39 is 0 Å². The number of methoxy groups -OCH3 is 1. The summed E-state index contributed by atoms with van der Waals surface area (Å²) in [5.74, 6) is 1.34. The molecule has 2 aromatic rings. The Bertz CT molecular complexity index is 587. The molecule has 0 aliphatic carbocycles. The molecule has 0 fully saturated rings. The van der Waals surface area contributed by atoms with Crippen LogP contribution in [0.15, 0.2) is 17.5 Å². The van der Waals surface area contributed by atoms with E-state index in [4.69, 9.17) is 21.1 Å². The molecule has 0 saturated carbocycles. The van der Waals surface area contributed by atoms with Gasteiger partial charge >= 0.3 is 0 Å². The van der Waals surface area contributed by atoms with E-state index in [1.54, 1.807) is 24.5 Å². The number of thiazole rings is 1. The Morgan fingerprint density at radius 2 is 2.20 bits per heavy atom. The normalized spacial score (nSPS) is 10.6. The van der Waals surface area contributed by atoms with Gasteiger partial charge in [0.25, 0.3) is 0 Å². The Balaban J connectivity index is 2.23. The Kier molecular flexibility index (Phi) is 5.23. The third kappa shape index (κ3) is 3.62. The zero-order valence-electron chi connectivity index (χ0n) is 11.7. The van der Waals surface area contributed by atoms with Gasteiger partial charge in [-0.15, -0.1) is 11.3 Å². The first-order valence-corrected chi connectivity index (χ1v) is 7.44. The van der Waals surface area contributed by atoms with Crippen LogP contribution >= 0.6 is 22.9 Å². The summed E-state index contributed by atoms with van der Waals surface area (Å²) in [7, 11) is 3.48. The summed E-state index contributed by atoms with van der Waals surface area (Å²) in [6.07, 6.45) is 0. The Labute approximate surface area is 127 Å². The van der Waals surface area contributed by atoms with Crippen LogP contribution in [-0.2, 0) is 13.2 Å². The molecule has 1 aromatic carbocycles. The quantitative estimate of drug-likeness (QED) is 0.887. The van der Waals surface area contributed by atoms with Crippen LogP contribution in [0.25, 0.3) is 0 Å². The SMILES string of the molecule is CNCc1cc(Cl)cc(OC)c1OCc1nc(C)cs1. The Morgan fingerprint density at radius 3 is 2.80 bits per heavy atom. The summed E-state index contributed by atoms with van der Waals surface area (Å²) < 4.78 is 11.2. The molecule has 0 saturated heterocycles. The zero-order valence-corrected chi connectivity index (χ0v) is 13.3. The molecule has 0 aliphatic heterocycles. The second-order valence-electron chi connectivity index (χ2n) is 4.30. The van der Waals surface area contributed by atoms with Gasteiger partial charge in [-0.2, -0.15) is 0 Å². The van der Waals surface area contributed by atoms with Gasteiger partial charge in [-0.1, -0.05) is 11.6 Å². The fourth-order valence-electron chi connectivity index (χ4n) is 1.86. The number of hydrogen-bond acceptors (Lipinski definition) is 5. The van der Waals surface area contributed by atoms with Gasteiger partial charge in [0.05, 0.1) is 7.11 Å². The summed E-state index contributed by atoms with van der Waals surface area (Å²) in [6.45, 7) is 3.05. The molecular weight excluding hydrogens is 296 g/mol. The van der Waals surface area contributed by atoms with Crippen molar-refractivity contribution in [2.75, 3.05) is 14.2 Å². The monoisotopic (exact) mass is 312 g/mol. The van der Waals surface area contributed by atoms with E-state index in [-0.39, 0.29) is 0 Å². The molecule has 1 heterocycles. The molecule has 0 atom stereocenters. The van der Waals surface area contributed by atoms with E-state index in [0.29, 0.717) is 29.7 Å². The van der Waals surface area contributed by atoms with Gasteiger partial charge < -0.3 is 14.8 Å². The summed E-state index contributed by atoms with van der Waals surface area (Å²) in [5, 5.41) is 6.67. The van der Waals surface area contributed by atoms with Crippen molar-refractivity contribution >= 4 is 22.9 Å². The first kappa shape index (κ1) is 15.1. The summed E-state index contributed by atoms with van der Waals surface area (Å²) >= 11 is 7.67. The third-order valence-electron chi connectivity index (χ3n) is 2.69. The van der Waals surface area contributed by atoms with Crippen molar-refractivity contribution in [3.05, 3.63) is 38.8 Å². The average molecular weight is 313 g/mol. The number of nitrogens with zero attached hydrogens (tertiary/aromatic N) is 1. The lowest BCUT2D eigenvalue weighted by Gasteiger charge is -2.15. The average Bonchev–Trinajstić information content (AvgIpc) is 2.83. The number of aryl methyl sites for hydroxylation is 1. The summed E-state index contributed by atoms with van der Waals surface area (Å²) in [6, 6.07) is 3.63. The first-order valence-electron chi connectivity index (χ1n) is 6.19. The van der Waals surface area contributed by atoms with Crippen LogP contribution in [-0.4, -0.2) is 19.1 Å². The second kappa shape index (κ2) is 6.92. The van der Waals surface area contributed by atoms with E-state index in [1.807, 2.05) is 25.4 Å². The maximum Gasteiger partial charge on any atom is 0.166 e. The first-order chi connectivity index (χ1) is 9.63. The Hall–Kier alpha value is -1.30. The topological polar surface area (TPSA) is 43.4 Å². The molecule has 0 radical (unpaired) electrons.